The molecular formula is C19H31N. The van der Waals surface area contributed by atoms with Crippen LogP contribution in [0.15, 0.2) is 24.3 Å². The van der Waals surface area contributed by atoms with Gasteiger partial charge < -0.3 is 5.32 Å². The van der Waals surface area contributed by atoms with Crippen molar-refractivity contribution >= 4 is 0 Å². The summed E-state index contributed by atoms with van der Waals surface area (Å²) in [6, 6.07) is 9.80. The van der Waals surface area contributed by atoms with Gasteiger partial charge in [-0.2, -0.15) is 0 Å². The van der Waals surface area contributed by atoms with Crippen LogP contribution in [-0.4, -0.2) is 6.04 Å². The van der Waals surface area contributed by atoms with Crippen LogP contribution >= 0.6 is 0 Å². The van der Waals surface area contributed by atoms with Gasteiger partial charge in [-0.25, -0.2) is 0 Å². The first-order valence-corrected chi connectivity index (χ1v) is 8.00. The number of hydrogen-bond donors (Lipinski definition) is 1. The minimum absolute atomic E-state index is 0.436. The highest BCUT2D eigenvalue weighted by molar-refractivity contribution is 5.28. The van der Waals surface area contributed by atoms with Crippen LogP contribution in [0, 0.1) is 17.8 Å². The molecule has 0 radical (unpaired) electrons. The Morgan fingerprint density at radius 1 is 1.05 bits per heavy atom. The van der Waals surface area contributed by atoms with Crippen LogP contribution in [-0.2, 0) is 0 Å². The molecule has 1 aliphatic carbocycles. The van der Waals surface area contributed by atoms with Crippen molar-refractivity contribution in [1.29, 1.82) is 0 Å². The molecule has 1 saturated carbocycles. The first-order chi connectivity index (χ1) is 9.19. The summed E-state index contributed by atoms with van der Waals surface area (Å²) < 4.78 is 0. The molecule has 0 amide bonds. The molecule has 1 atom stereocenters. The normalized spacial score (nSPS) is 23.5. The molecule has 1 aromatic rings. The predicted octanol–water partition coefficient (Wildman–Crippen LogP) is 5.25. The zero-order valence-corrected chi connectivity index (χ0v) is 14.1. The molecule has 1 fully saturated rings. The first-order valence-electron chi connectivity index (χ1n) is 8.00. The largest absolute Gasteiger partial charge is 0.307 e. The third-order valence-electron chi connectivity index (χ3n) is 4.70. The molecule has 0 bridgehead atoms. The Labute approximate surface area is 125 Å². The smallest absolute Gasteiger partial charge is 0.0296 e. The van der Waals surface area contributed by atoms with Gasteiger partial charge in [-0.15, -0.1) is 0 Å². The highest BCUT2D eigenvalue weighted by atomic mass is 15.0. The number of nitrogens with one attached hydrogen (secondary N) is 1. The average Bonchev–Trinajstić information content (AvgIpc) is 2.24. The van der Waals surface area contributed by atoms with E-state index in [-0.39, 0.29) is 0 Å². The number of aryl methyl sites for hydroxylation is 1. The van der Waals surface area contributed by atoms with E-state index in [1.54, 1.807) is 0 Å². The van der Waals surface area contributed by atoms with Gasteiger partial charge in [0.1, 0.15) is 0 Å². The SMILES string of the molecule is Cc1ccccc1[C@@H](C)NC1CC(C)(C)CC(C)(C)C1. The van der Waals surface area contributed by atoms with Crippen molar-refractivity contribution in [3.8, 4) is 0 Å². The second kappa shape index (κ2) is 5.52. The third kappa shape index (κ3) is 3.85. The minimum atomic E-state index is 0.436. The van der Waals surface area contributed by atoms with Crippen molar-refractivity contribution in [3.63, 3.8) is 0 Å². The molecule has 0 aromatic heterocycles. The van der Waals surface area contributed by atoms with Crippen LogP contribution in [0.2, 0.25) is 0 Å². The molecule has 2 rings (SSSR count). The van der Waals surface area contributed by atoms with E-state index < -0.39 is 0 Å². The molecule has 0 spiro atoms. The highest BCUT2D eigenvalue weighted by Gasteiger charge is 2.38. The summed E-state index contributed by atoms with van der Waals surface area (Å²) in [5.41, 5.74) is 3.73. The van der Waals surface area contributed by atoms with E-state index in [2.05, 4.69) is 71.1 Å². The van der Waals surface area contributed by atoms with Crippen LogP contribution in [0.1, 0.15) is 71.0 Å². The van der Waals surface area contributed by atoms with Crippen molar-refractivity contribution < 1.29 is 0 Å². The monoisotopic (exact) mass is 273 g/mol. The Morgan fingerprint density at radius 2 is 1.60 bits per heavy atom. The van der Waals surface area contributed by atoms with E-state index >= 15 is 0 Å². The van der Waals surface area contributed by atoms with Crippen LogP contribution in [0.4, 0.5) is 0 Å². The van der Waals surface area contributed by atoms with E-state index in [0.29, 0.717) is 22.9 Å². The fraction of sp³-hybridized carbons (Fsp3) is 0.684. The molecule has 1 N–H and O–H groups in total. The van der Waals surface area contributed by atoms with Crippen LogP contribution in [0.5, 0.6) is 0 Å². The van der Waals surface area contributed by atoms with Crippen molar-refractivity contribution in [2.45, 2.75) is 72.9 Å². The van der Waals surface area contributed by atoms with E-state index in [9.17, 15) is 0 Å². The maximum Gasteiger partial charge on any atom is 0.0296 e. The van der Waals surface area contributed by atoms with E-state index in [4.69, 9.17) is 0 Å². The van der Waals surface area contributed by atoms with Gasteiger partial charge in [-0.1, -0.05) is 52.0 Å². The molecule has 0 heterocycles. The summed E-state index contributed by atoms with van der Waals surface area (Å²) in [5, 5.41) is 3.89. The minimum Gasteiger partial charge on any atom is -0.307 e. The lowest BCUT2D eigenvalue weighted by Crippen LogP contribution is -2.44. The van der Waals surface area contributed by atoms with E-state index in [0.717, 1.165) is 0 Å². The standard InChI is InChI=1S/C19H31N/c1-14-9-7-8-10-17(14)15(2)20-16-11-18(3,4)13-19(5,6)12-16/h7-10,15-16,20H,11-13H2,1-6H3/t15-/m1/s1. The Morgan fingerprint density at radius 3 is 2.15 bits per heavy atom. The Bertz CT molecular complexity index is 443. The first kappa shape index (κ1) is 15.6. The maximum atomic E-state index is 3.89. The van der Waals surface area contributed by atoms with Gasteiger partial charge in [0.15, 0.2) is 0 Å². The topological polar surface area (TPSA) is 12.0 Å². The summed E-state index contributed by atoms with van der Waals surface area (Å²) in [5.74, 6) is 0. The fourth-order valence-corrected chi connectivity index (χ4v) is 4.48. The van der Waals surface area contributed by atoms with Gasteiger partial charge in [0.2, 0.25) is 0 Å². The number of benzene rings is 1. The third-order valence-corrected chi connectivity index (χ3v) is 4.70. The summed E-state index contributed by atoms with van der Waals surface area (Å²) in [6.45, 7) is 14.2. The second-order valence-electron chi connectivity index (χ2n) is 8.36. The van der Waals surface area contributed by atoms with Gasteiger partial charge in [0.05, 0.1) is 0 Å². The summed E-state index contributed by atoms with van der Waals surface area (Å²) in [4.78, 5) is 0. The zero-order chi connectivity index (χ0) is 15.0. The lowest BCUT2D eigenvalue weighted by atomic mass is 9.63. The average molecular weight is 273 g/mol. The zero-order valence-electron chi connectivity index (χ0n) is 14.1. The van der Waals surface area contributed by atoms with Crippen molar-refractivity contribution in [2.75, 3.05) is 0 Å². The fourth-order valence-electron chi connectivity index (χ4n) is 4.48. The van der Waals surface area contributed by atoms with Crippen molar-refractivity contribution in [1.82, 2.24) is 5.32 Å². The lowest BCUT2D eigenvalue weighted by Gasteiger charge is -2.46. The van der Waals surface area contributed by atoms with E-state index in [1.807, 2.05) is 0 Å². The van der Waals surface area contributed by atoms with Gasteiger partial charge in [-0.05, 0) is 55.1 Å². The van der Waals surface area contributed by atoms with Gasteiger partial charge in [0.25, 0.3) is 0 Å². The second-order valence-corrected chi connectivity index (χ2v) is 8.36. The highest BCUT2D eigenvalue weighted by Crippen LogP contribution is 2.46. The molecule has 0 aliphatic heterocycles. The quantitative estimate of drug-likeness (QED) is 0.793. The molecule has 1 nitrogen and oxygen atoms in total. The molecule has 20 heavy (non-hydrogen) atoms. The van der Waals surface area contributed by atoms with E-state index in [1.165, 1.54) is 30.4 Å². The van der Waals surface area contributed by atoms with Crippen molar-refractivity contribution in [3.05, 3.63) is 35.4 Å². The molecule has 0 unspecified atom stereocenters. The molecule has 1 aliphatic rings. The summed E-state index contributed by atoms with van der Waals surface area (Å²) >= 11 is 0. The van der Waals surface area contributed by atoms with Gasteiger partial charge in [0, 0.05) is 12.1 Å². The Hall–Kier alpha value is -0.820. The maximum absolute atomic E-state index is 3.89. The van der Waals surface area contributed by atoms with Crippen LogP contribution in [0.3, 0.4) is 0 Å². The van der Waals surface area contributed by atoms with Gasteiger partial charge in [-0.3, -0.25) is 0 Å². The summed E-state index contributed by atoms with van der Waals surface area (Å²) in [6.07, 6.45) is 3.90. The Balaban J connectivity index is 2.08. The molecule has 0 saturated heterocycles. The number of hydrogen-bond acceptors (Lipinski definition) is 1. The summed E-state index contributed by atoms with van der Waals surface area (Å²) in [7, 11) is 0. The predicted molar refractivity (Wildman–Crippen MR) is 87.9 cm³/mol. The van der Waals surface area contributed by atoms with Gasteiger partial charge >= 0.3 is 0 Å². The molecular weight excluding hydrogens is 242 g/mol. The molecule has 1 heteroatoms. The van der Waals surface area contributed by atoms with Crippen LogP contribution in [0.25, 0.3) is 0 Å². The molecule has 112 valence electrons. The lowest BCUT2D eigenvalue weighted by molar-refractivity contribution is 0.0811. The molecule has 1 aromatic carbocycles. The Kier molecular flexibility index (Phi) is 4.30. The van der Waals surface area contributed by atoms with Crippen molar-refractivity contribution in [2.24, 2.45) is 10.8 Å². The van der Waals surface area contributed by atoms with Crippen LogP contribution < -0.4 is 5.32 Å². The number of rotatable bonds is 3.